The number of aliphatic carboxylic acids is 1. The van der Waals surface area contributed by atoms with E-state index in [-0.39, 0.29) is 23.8 Å². The van der Waals surface area contributed by atoms with Gasteiger partial charge in [0.05, 0.1) is 19.8 Å². The number of carboxylic acids is 1. The zero-order chi connectivity index (χ0) is 17.7. The summed E-state index contributed by atoms with van der Waals surface area (Å²) in [4.78, 5) is 25.3. The van der Waals surface area contributed by atoms with Crippen molar-refractivity contribution in [1.82, 2.24) is 4.90 Å². The number of rotatable bonds is 9. The number of carbonyl (C=O) groups is 2. The van der Waals surface area contributed by atoms with E-state index >= 15 is 0 Å². The topological polar surface area (TPSA) is 76.1 Å². The highest BCUT2D eigenvalue weighted by Gasteiger charge is 2.38. The second-order valence-corrected chi connectivity index (χ2v) is 5.81. The van der Waals surface area contributed by atoms with Gasteiger partial charge in [-0.1, -0.05) is 0 Å². The second kappa shape index (κ2) is 8.21. The van der Waals surface area contributed by atoms with Crippen LogP contribution >= 0.6 is 0 Å². The molecule has 1 aromatic rings. The smallest absolute Gasteiger partial charge is 0.326 e. The van der Waals surface area contributed by atoms with E-state index in [2.05, 4.69) is 0 Å². The van der Waals surface area contributed by atoms with Gasteiger partial charge in [-0.15, -0.1) is 0 Å². The number of nitrogens with zero attached hydrogens (tertiary/aromatic N) is 1. The Balaban J connectivity index is 2.14. The number of hydrogen-bond acceptors (Lipinski definition) is 4. The van der Waals surface area contributed by atoms with Crippen molar-refractivity contribution < 1.29 is 28.6 Å². The fourth-order valence-electron chi connectivity index (χ4n) is 2.42. The van der Waals surface area contributed by atoms with Gasteiger partial charge in [0, 0.05) is 24.3 Å². The molecule has 1 atom stereocenters. The van der Waals surface area contributed by atoms with Crippen LogP contribution in [0.1, 0.15) is 35.7 Å². The van der Waals surface area contributed by atoms with E-state index in [0.717, 1.165) is 12.8 Å². The van der Waals surface area contributed by atoms with Crippen molar-refractivity contribution in [2.75, 3.05) is 20.3 Å². The maximum atomic E-state index is 13.9. The van der Waals surface area contributed by atoms with Crippen LogP contribution in [0.25, 0.3) is 0 Å². The van der Waals surface area contributed by atoms with E-state index in [0.29, 0.717) is 13.2 Å². The average Bonchev–Trinajstić information content (AvgIpc) is 3.37. The van der Waals surface area contributed by atoms with Crippen LogP contribution in [0.4, 0.5) is 4.39 Å². The molecule has 0 bridgehead atoms. The predicted molar refractivity (Wildman–Crippen MR) is 84.2 cm³/mol. The first-order valence-corrected chi connectivity index (χ1v) is 7.86. The average molecular weight is 339 g/mol. The molecule has 0 spiro atoms. The van der Waals surface area contributed by atoms with Crippen molar-refractivity contribution in [1.29, 1.82) is 0 Å². The Morgan fingerprint density at radius 2 is 2.08 bits per heavy atom. The molecule has 0 radical (unpaired) electrons. The maximum absolute atomic E-state index is 13.9. The van der Waals surface area contributed by atoms with Crippen LogP contribution in [0.15, 0.2) is 18.2 Å². The highest BCUT2D eigenvalue weighted by Crippen LogP contribution is 2.30. The van der Waals surface area contributed by atoms with Gasteiger partial charge >= 0.3 is 5.97 Å². The molecular weight excluding hydrogens is 317 g/mol. The fraction of sp³-hybridized carbons (Fsp3) is 0.529. The first-order valence-electron chi connectivity index (χ1n) is 7.86. The summed E-state index contributed by atoms with van der Waals surface area (Å²) in [6.07, 6.45) is 1.58. The Hall–Kier alpha value is -1.99. The summed E-state index contributed by atoms with van der Waals surface area (Å²) in [5.41, 5.74) is 0.525. The molecule has 1 saturated carbocycles. The van der Waals surface area contributed by atoms with Gasteiger partial charge in [0.2, 0.25) is 0 Å². The number of benzene rings is 1. The highest BCUT2D eigenvalue weighted by atomic mass is 19.1. The van der Waals surface area contributed by atoms with Crippen molar-refractivity contribution in [2.45, 2.75) is 38.5 Å². The number of carbonyl (C=O) groups excluding carboxylic acids is 1. The quantitative estimate of drug-likeness (QED) is 0.697. The monoisotopic (exact) mass is 339 g/mol. The minimum atomic E-state index is -1.06. The van der Waals surface area contributed by atoms with Gasteiger partial charge in [0.1, 0.15) is 11.9 Å². The zero-order valence-electron chi connectivity index (χ0n) is 13.8. The summed E-state index contributed by atoms with van der Waals surface area (Å²) in [7, 11) is 1.54. The van der Waals surface area contributed by atoms with E-state index in [1.54, 1.807) is 7.11 Å². The normalized spacial score (nSPS) is 15.1. The SMILES string of the molecule is COCCOCc1cc(C(=O)N(C2CC2)C(C)C(=O)O)ccc1F. The van der Waals surface area contributed by atoms with Crippen LogP contribution in [0, 0.1) is 5.82 Å². The summed E-state index contributed by atoms with van der Waals surface area (Å²) in [6.45, 7) is 2.22. The molecule has 1 fully saturated rings. The van der Waals surface area contributed by atoms with Gasteiger partial charge in [0.25, 0.3) is 5.91 Å². The lowest BCUT2D eigenvalue weighted by Gasteiger charge is -2.26. The van der Waals surface area contributed by atoms with E-state index in [1.165, 1.54) is 30.0 Å². The number of hydrogen-bond donors (Lipinski definition) is 1. The molecule has 6 nitrogen and oxygen atoms in total. The van der Waals surface area contributed by atoms with Gasteiger partial charge in [-0.3, -0.25) is 4.79 Å². The number of amides is 1. The molecule has 1 amide bonds. The number of carboxylic acid groups (broad SMARTS) is 1. The fourth-order valence-corrected chi connectivity index (χ4v) is 2.42. The van der Waals surface area contributed by atoms with Crippen molar-refractivity contribution >= 4 is 11.9 Å². The van der Waals surface area contributed by atoms with E-state index in [4.69, 9.17) is 9.47 Å². The van der Waals surface area contributed by atoms with Gasteiger partial charge in [-0.2, -0.15) is 0 Å². The third-order valence-electron chi connectivity index (χ3n) is 3.93. The van der Waals surface area contributed by atoms with Crippen molar-refractivity contribution in [3.05, 3.63) is 35.1 Å². The standard InChI is InChI=1S/C17H22FNO5/c1-11(17(21)22)19(14-4-5-14)16(20)12-3-6-15(18)13(9-12)10-24-8-7-23-2/h3,6,9,11,14H,4-5,7-8,10H2,1-2H3,(H,21,22). The predicted octanol–water partition coefficient (Wildman–Crippen LogP) is 2.07. The molecule has 2 rings (SSSR count). The first kappa shape index (κ1) is 18.4. The van der Waals surface area contributed by atoms with E-state index in [9.17, 15) is 19.1 Å². The molecule has 7 heteroatoms. The lowest BCUT2D eigenvalue weighted by Crippen LogP contribution is -2.44. The number of ether oxygens (including phenoxy) is 2. The van der Waals surface area contributed by atoms with Crippen molar-refractivity contribution in [3.8, 4) is 0 Å². The molecule has 24 heavy (non-hydrogen) atoms. The van der Waals surface area contributed by atoms with Gasteiger partial charge in [0.15, 0.2) is 0 Å². The summed E-state index contributed by atoms with van der Waals surface area (Å²) >= 11 is 0. The maximum Gasteiger partial charge on any atom is 0.326 e. The molecule has 1 unspecified atom stereocenters. The molecular formula is C17H22FNO5. The Morgan fingerprint density at radius 1 is 1.38 bits per heavy atom. The molecule has 0 saturated heterocycles. The second-order valence-electron chi connectivity index (χ2n) is 5.81. The van der Waals surface area contributed by atoms with Crippen LogP contribution < -0.4 is 0 Å². The molecule has 132 valence electrons. The van der Waals surface area contributed by atoms with Crippen molar-refractivity contribution in [3.63, 3.8) is 0 Å². The van der Waals surface area contributed by atoms with Gasteiger partial charge < -0.3 is 19.5 Å². The third-order valence-corrected chi connectivity index (χ3v) is 3.93. The Bertz CT molecular complexity index is 603. The van der Waals surface area contributed by atoms with E-state index in [1.807, 2.05) is 0 Å². The molecule has 1 aromatic carbocycles. The summed E-state index contributed by atoms with van der Waals surface area (Å²) in [5, 5.41) is 9.20. The largest absolute Gasteiger partial charge is 0.480 e. The molecule has 1 aliphatic carbocycles. The molecule has 0 aliphatic heterocycles. The minimum Gasteiger partial charge on any atom is -0.480 e. The Kier molecular flexibility index (Phi) is 6.28. The third kappa shape index (κ3) is 4.52. The van der Waals surface area contributed by atoms with E-state index < -0.39 is 23.7 Å². The van der Waals surface area contributed by atoms with Crippen molar-refractivity contribution in [2.24, 2.45) is 0 Å². The molecule has 1 N–H and O–H groups in total. The summed E-state index contributed by atoms with van der Waals surface area (Å²) in [5.74, 6) is -1.92. The Labute approximate surface area is 140 Å². The Morgan fingerprint density at radius 3 is 2.67 bits per heavy atom. The zero-order valence-corrected chi connectivity index (χ0v) is 13.8. The number of halogens is 1. The lowest BCUT2D eigenvalue weighted by molar-refractivity contribution is -0.141. The highest BCUT2D eigenvalue weighted by molar-refractivity contribution is 5.97. The van der Waals surface area contributed by atoms with Gasteiger partial charge in [-0.05, 0) is 38.0 Å². The molecule has 0 aromatic heterocycles. The van der Waals surface area contributed by atoms with Gasteiger partial charge in [-0.25, -0.2) is 9.18 Å². The number of methoxy groups -OCH3 is 1. The minimum absolute atomic E-state index is 0.0220. The molecule has 1 aliphatic rings. The van der Waals surface area contributed by atoms with Crippen LogP contribution in [-0.2, 0) is 20.9 Å². The summed E-state index contributed by atoms with van der Waals surface area (Å²) < 4.78 is 24.0. The van der Waals surface area contributed by atoms with Crippen LogP contribution in [0.2, 0.25) is 0 Å². The van der Waals surface area contributed by atoms with Crippen LogP contribution in [0.5, 0.6) is 0 Å². The lowest BCUT2D eigenvalue weighted by atomic mass is 10.1. The van der Waals surface area contributed by atoms with Crippen LogP contribution in [0.3, 0.4) is 0 Å². The van der Waals surface area contributed by atoms with Crippen LogP contribution in [-0.4, -0.2) is 54.3 Å². The summed E-state index contributed by atoms with van der Waals surface area (Å²) in [6, 6.07) is 3.03. The first-order chi connectivity index (χ1) is 11.5. The molecule has 0 heterocycles.